The Kier molecular flexibility index (Phi) is 4.83. The topological polar surface area (TPSA) is 42.2 Å². The first-order valence-electron chi connectivity index (χ1n) is 5.05. The van der Waals surface area contributed by atoms with Gasteiger partial charge >= 0.3 is 18.8 Å². The van der Waals surface area contributed by atoms with Gasteiger partial charge in [-0.05, 0) is 17.7 Å². The third-order valence-electron chi connectivity index (χ3n) is 1.96. The maximum atomic E-state index is 13.0. The Hall–Kier alpha value is -1.95. The number of rotatable bonds is 5. The van der Waals surface area contributed by atoms with Crippen LogP contribution >= 0.6 is 0 Å². The number of nitrogens with zero attached hydrogens (tertiary/aromatic N) is 1. The Labute approximate surface area is 109 Å². The zero-order chi connectivity index (χ0) is 15.4. The Morgan fingerprint density at radius 2 is 1.65 bits per heavy atom. The maximum absolute atomic E-state index is 13.0. The molecule has 1 rings (SSSR count). The molecule has 0 amide bonds. The van der Waals surface area contributed by atoms with E-state index in [9.17, 15) is 26.3 Å². The van der Waals surface area contributed by atoms with Crippen molar-refractivity contribution in [3.63, 3.8) is 0 Å². The van der Waals surface area contributed by atoms with E-state index >= 15 is 0 Å². The molecule has 0 heterocycles. The summed E-state index contributed by atoms with van der Waals surface area (Å²) in [5, 5.41) is 8.38. The summed E-state index contributed by atoms with van der Waals surface area (Å²) < 4.78 is 80.0. The molecular weight excluding hydrogens is 292 g/mol. The lowest BCUT2D eigenvalue weighted by Gasteiger charge is -2.22. The number of halogens is 6. The summed E-state index contributed by atoms with van der Waals surface area (Å²) in [7, 11) is 0. The molecule has 1 aromatic carbocycles. The number of hydrogen-bond donors (Lipinski definition) is 0. The van der Waals surface area contributed by atoms with Crippen LogP contribution < -0.4 is 4.74 Å². The predicted molar refractivity (Wildman–Crippen MR) is 53.4 cm³/mol. The fraction of sp³-hybridized carbons (Fsp3) is 0.364. The quantitative estimate of drug-likeness (QED) is 0.781. The van der Waals surface area contributed by atoms with Gasteiger partial charge in [0.25, 0.3) is 0 Å². The minimum atomic E-state index is -5.55. The van der Waals surface area contributed by atoms with E-state index < -0.39 is 24.6 Å². The van der Waals surface area contributed by atoms with Crippen molar-refractivity contribution in [2.75, 3.05) is 0 Å². The Morgan fingerprint density at radius 1 is 1.10 bits per heavy atom. The summed E-state index contributed by atoms with van der Waals surface area (Å²) in [5.74, 6) is -0.565. The van der Waals surface area contributed by atoms with Gasteiger partial charge in [0.15, 0.2) is 0 Å². The Bertz CT molecular complexity index is 479. The third-order valence-corrected chi connectivity index (χ3v) is 1.96. The van der Waals surface area contributed by atoms with Crippen molar-refractivity contribution in [3.05, 3.63) is 29.8 Å². The van der Waals surface area contributed by atoms with E-state index in [1.54, 1.807) is 6.07 Å². The van der Waals surface area contributed by atoms with Gasteiger partial charge in [-0.2, -0.15) is 14.0 Å². The van der Waals surface area contributed by atoms with Crippen LogP contribution in [0.4, 0.5) is 26.3 Å². The van der Waals surface area contributed by atoms with Crippen molar-refractivity contribution in [2.45, 2.75) is 25.2 Å². The van der Waals surface area contributed by atoms with Crippen LogP contribution in [0.5, 0.6) is 5.75 Å². The van der Waals surface area contributed by atoms with E-state index in [2.05, 4.69) is 9.47 Å². The summed E-state index contributed by atoms with van der Waals surface area (Å²) in [6, 6.07) is 6.23. The van der Waals surface area contributed by atoms with E-state index in [1.807, 2.05) is 0 Å². The molecule has 1 aromatic rings. The highest BCUT2D eigenvalue weighted by Crippen LogP contribution is 2.31. The molecular formula is C11H7F6NO2. The average Bonchev–Trinajstić information content (AvgIpc) is 2.29. The second-order valence-corrected chi connectivity index (χ2v) is 3.52. The van der Waals surface area contributed by atoms with Gasteiger partial charge < -0.3 is 4.74 Å². The summed E-state index contributed by atoms with van der Waals surface area (Å²) in [5.41, 5.74) is 0.478. The van der Waals surface area contributed by atoms with Gasteiger partial charge in [-0.15, -0.1) is 13.2 Å². The molecule has 20 heavy (non-hydrogen) atoms. The molecule has 110 valence electrons. The zero-order valence-electron chi connectivity index (χ0n) is 9.63. The fourth-order valence-corrected chi connectivity index (χ4v) is 1.16. The SMILES string of the molecule is N#CCc1ccc(OC(F)(F)C(F)OC(F)(F)F)cc1. The van der Waals surface area contributed by atoms with Crippen molar-refractivity contribution >= 4 is 0 Å². The number of alkyl halides is 6. The number of ether oxygens (including phenoxy) is 2. The Balaban J connectivity index is 2.72. The molecule has 0 N–H and O–H groups in total. The highest BCUT2D eigenvalue weighted by molar-refractivity contribution is 5.28. The van der Waals surface area contributed by atoms with E-state index in [0.29, 0.717) is 5.56 Å². The maximum Gasteiger partial charge on any atom is 0.525 e. The second-order valence-electron chi connectivity index (χ2n) is 3.52. The molecule has 0 aliphatic rings. The van der Waals surface area contributed by atoms with Crippen molar-refractivity contribution in [1.29, 1.82) is 5.26 Å². The van der Waals surface area contributed by atoms with Gasteiger partial charge in [0.2, 0.25) is 0 Å². The van der Waals surface area contributed by atoms with Gasteiger partial charge in [0.1, 0.15) is 5.75 Å². The first-order valence-corrected chi connectivity index (χ1v) is 5.05. The predicted octanol–water partition coefficient (Wildman–Crippen LogP) is 3.56. The van der Waals surface area contributed by atoms with Crippen molar-refractivity contribution in [3.8, 4) is 11.8 Å². The monoisotopic (exact) mass is 299 g/mol. The lowest BCUT2D eigenvalue weighted by molar-refractivity contribution is -0.411. The molecule has 0 bridgehead atoms. The molecule has 0 spiro atoms. The van der Waals surface area contributed by atoms with Gasteiger partial charge in [-0.1, -0.05) is 12.1 Å². The molecule has 0 fully saturated rings. The summed E-state index contributed by atoms with van der Waals surface area (Å²) in [6.07, 6.45) is -14.4. The van der Waals surface area contributed by atoms with Crippen LogP contribution in [-0.2, 0) is 11.2 Å². The van der Waals surface area contributed by atoms with Crippen LogP contribution in [0.2, 0.25) is 0 Å². The van der Waals surface area contributed by atoms with Crippen LogP contribution in [0.3, 0.4) is 0 Å². The van der Waals surface area contributed by atoms with Gasteiger partial charge in [0.05, 0.1) is 12.5 Å². The van der Waals surface area contributed by atoms with Crippen LogP contribution in [0.1, 0.15) is 5.56 Å². The molecule has 1 unspecified atom stereocenters. The molecule has 0 aliphatic carbocycles. The third kappa shape index (κ3) is 4.97. The molecule has 0 radical (unpaired) electrons. The largest absolute Gasteiger partial charge is 0.525 e. The second kappa shape index (κ2) is 6.00. The van der Waals surface area contributed by atoms with Gasteiger partial charge in [-0.25, -0.2) is 9.13 Å². The smallest absolute Gasteiger partial charge is 0.429 e. The molecule has 3 nitrogen and oxygen atoms in total. The minimum absolute atomic E-state index is 0.0135. The fourth-order valence-electron chi connectivity index (χ4n) is 1.16. The molecule has 9 heteroatoms. The number of benzene rings is 1. The first-order chi connectivity index (χ1) is 9.14. The lowest BCUT2D eigenvalue weighted by atomic mass is 10.2. The number of hydrogen-bond acceptors (Lipinski definition) is 3. The van der Waals surface area contributed by atoms with Crippen molar-refractivity contribution in [2.24, 2.45) is 0 Å². The normalized spacial score (nSPS) is 13.7. The van der Waals surface area contributed by atoms with E-state index in [-0.39, 0.29) is 6.42 Å². The summed E-state index contributed by atoms with van der Waals surface area (Å²) in [6.45, 7) is 0. The highest BCUT2D eigenvalue weighted by atomic mass is 19.4. The molecule has 0 aromatic heterocycles. The first kappa shape index (κ1) is 16.1. The van der Waals surface area contributed by atoms with Crippen LogP contribution in [-0.4, -0.2) is 18.8 Å². The van der Waals surface area contributed by atoms with Crippen molar-refractivity contribution < 1.29 is 35.8 Å². The van der Waals surface area contributed by atoms with Gasteiger partial charge in [0, 0.05) is 0 Å². The molecule has 1 atom stereocenters. The minimum Gasteiger partial charge on any atom is -0.429 e. The van der Waals surface area contributed by atoms with E-state index in [1.165, 1.54) is 12.1 Å². The van der Waals surface area contributed by atoms with Crippen molar-refractivity contribution in [1.82, 2.24) is 0 Å². The molecule has 0 saturated carbocycles. The average molecular weight is 299 g/mol. The highest BCUT2D eigenvalue weighted by Gasteiger charge is 2.50. The van der Waals surface area contributed by atoms with E-state index in [4.69, 9.17) is 5.26 Å². The van der Waals surface area contributed by atoms with Gasteiger partial charge in [-0.3, -0.25) is 0 Å². The van der Waals surface area contributed by atoms with E-state index in [0.717, 1.165) is 12.1 Å². The lowest BCUT2D eigenvalue weighted by Crippen LogP contribution is -2.41. The van der Waals surface area contributed by atoms with Crippen LogP contribution in [0.25, 0.3) is 0 Å². The van der Waals surface area contributed by atoms with Crippen LogP contribution in [0.15, 0.2) is 24.3 Å². The Morgan fingerprint density at radius 3 is 2.10 bits per heavy atom. The zero-order valence-corrected chi connectivity index (χ0v) is 9.63. The number of nitriles is 1. The molecule has 0 aliphatic heterocycles. The van der Waals surface area contributed by atoms with Crippen LogP contribution in [0, 0.1) is 11.3 Å². The standard InChI is InChI=1S/C11H7F6NO2/c12-9(20-11(15,16)17)10(13,14)19-8-3-1-7(2-4-8)5-6-18/h1-4,9H,5H2. The summed E-state index contributed by atoms with van der Waals surface area (Å²) in [4.78, 5) is 0. The molecule has 0 saturated heterocycles. The summed E-state index contributed by atoms with van der Waals surface area (Å²) >= 11 is 0.